The molecule has 2 rings (SSSR count). The molecule has 0 spiro atoms. The summed E-state index contributed by atoms with van der Waals surface area (Å²) in [6.07, 6.45) is -3.31. The topological polar surface area (TPSA) is 179 Å². The fraction of sp³-hybridized carbons (Fsp3) is 0.828. The standard InChI is InChI=1S/C29H48N2O11/c1-14(25(34)18(5)24-22(13-37-8)41-29(36)31-24)9-21(40-28(30)35)10-15(2)26(17(4)12-32)42-23-11-16(3)27(19(6)38-23)39-20(7)33/h12,14-19,21-24,26-27H,9-11,13H2,1-8H3,(H2,30,35)(H,31,36)/t14-,15-,16?,17?,18?,19?,21?,22?,23+,24?,26+,27-/m1/s1. The van der Waals surface area contributed by atoms with E-state index in [1.54, 1.807) is 27.7 Å². The molecule has 2 aliphatic rings. The molecule has 0 radical (unpaired) electrons. The number of primary amides is 1. The van der Waals surface area contributed by atoms with Crippen molar-refractivity contribution in [3.63, 3.8) is 0 Å². The molecule has 2 amide bonds. The second-order valence-electron chi connectivity index (χ2n) is 11.8. The van der Waals surface area contributed by atoms with Gasteiger partial charge in [-0.2, -0.15) is 0 Å². The first kappa shape index (κ1) is 35.4. The van der Waals surface area contributed by atoms with Gasteiger partial charge in [-0.15, -0.1) is 0 Å². The molecule has 2 aliphatic heterocycles. The van der Waals surface area contributed by atoms with Gasteiger partial charge >= 0.3 is 18.2 Å². The number of amides is 2. The molecule has 2 heterocycles. The van der Waals surface area contributed by atoms with Crippen molar-refractivity contribution >= 4 is 30.2 Å². The molecule has 42 heavy (non-hydrogen) atoms. The highest BCUT2D eigenvalue weighted by atomic mass is 16.7. The average Bonchev–Trinajstić information content (AvgIpc) is 3.27. The molecule has 2 fully saturated rings. The summed E-state index contributed by atoms with van der Waals surface area (Å²) in [5.74, 6) is -2.53. The predicted molar refractivity (Wildman–Crippen MR) is 149 cm³/mol. The summed E-state index contributed by atoms with van der Waals surface area (Å²) in [5, 5.41) is 2.68. The Bertz CT molecular complexity index is 935. The van der Waals surface area contributed by atoms with E-state index < -0.39 is 72.8 Å². The van der Waals surface area contributed by atoms with Gasteiger partial charge < -0.3 is 44.3 Å². The molecule has 240 valence electrons. The number of nitrogens with two attached hydrogens (primary N) is 1. The van der Waals surface area contributed by atoms with Crippen molar-refractivity contribution in [2.24, 2.45) is 35.3 Å². The Kier molecular flexibility index (Phi) is 13.6. The van der Waals surface area contributed by atoms with E-state index in [9.17, 15) is 24.0 Å². The first-order valence-corrected chi connectivity index (χ1v) is 14.6. The van der Waals surface area contributed by atoms with Crippen molar-refractivity contribution < 1.29 is 52.4 Å². The summed E-state index contributed by atoms with van der Waals surface area (Å²) >= 11 is 0. The number of alkyl carbamates (subject to hydrolysis) is 1. The van der Waals surface area contributed by atoms with Crippen LogP contribution in [0.4, 0.5) is 9.59 Å². The minimum Gasteiger partial charge on any atom is -0.460 e. The zero-order chi connectivity index (χ0) is 31.7. The van der Waals surface area contributed by atoms with Gasteiger partial charge in [0.2, 0.25) is 0 Å². The van der Waals surface area contributed by atoms with Crippen molar-refractivity contribution in [1.82, 2.24) is 5.32 Å². The second-order valence-corrected chi connectivity index (χ2v) is 11.8. The molecule has 12 atom stereocenters. The smallest absolute Gasteiger partial charge is 0.407 e. The second kappa shape index (κ2) is 16.2. The summed E-state index contributed by atoms with van der Waals surface area (Å²) < 4.78 is 33.5. The Hall–Kier alpha value is -2.77. The van der Waals surface area contributed by atoms with Crippen LogP contribution in [0.3, 0.4) is 0 Å². The Labute approximate surface area is 247 Å². The molecule has 7 unspecified atom stereocenters. The Morgan fingerprint density at radius 2 is 1.81 bits per heavy atom. The monoisotopic (exact) mass is 600 g/mol. The molecule has 3 N–H and O–H groups in total. The summed E-state index contributed by atoms with van der Waals surface area (Å²) in [4.78, 5) is 60.3. The van der Waals surface area contributed by atoms with E-state index >= 15 is 0 Å². The lowest BCUT2D eigenvalue weighted by atomic mass is 9.82. The van der Waals surface area contributed by atoms with Gasteiger partial charge in [-0.3, -0.25) is 9.59 Å². The molecule has 0 bridgehead atoms. The SMILES string of the molecule is COCC1OC(=O)NC1C(C)C(=O)[C@H](C)CC(C[C@@H](C)[C@H](O[C@H]1CC(C)[C@@H](OC(C)=O)C(C)O1)C(C)C=O)OC(N)=O. The average molecular weight is 601 g/mol. The first-order valence-electron chi connectivity index (χ1n) is 14.6. The van der Waals surface area contributed by atoms with E-state index in [1.807, 2.05) is 13.8 Å². The Balaban J connectivity index is 2.10. The molecule has 0 saturated carbocycles. The number of cyclic esters (lactones) is 1. The summed E-state index contributed by atoms with van der Waals surface area (Å²) in [6.45, 7) is 12.3. The van der Waals surface area contributed by atoms with E-state index in [4.69, 9.17) is 34.2 Å². The van der Waals surface area contributed by atoms with Crippen molar-refractivity contribution in [3.8, 4) is 0 Å². The van der Waals surface area contributed by atoms with Crippen molar-refractivity contribution in [2.75, 3.05) is 13.7 Å². The number of carbonyl (C=O) groups excluding carboxylic acids is 5. The molecule has 0 aromatic carbocycles. The van der Waals surface area contributed by atoms with Gasteiger partial charge in [0.15, 0.2) is 6.29 Å². The number of nitrogens with one attached hydrogen (secondary N) is 1. The third-order valence-electron chi connectivity index (χ3n) is 8.14. The zero-order valence-corrected chi connectivity index (χ0v) is 25.9. The van der Waals surface area contributed by atoms with Gasteiger partial charge in [0.1, 0.15) is 30.4 Å². The molecule has 0 aliphatic carbocycles. The minimum atomic E-state index is -0.979. The third-order valence-corrected chi connectivity index (χ3v) is 8.14. The maximum Gasteiger partial charge on any atom is 0.407 e. The number of methoxy groups -OCH3 is 1. The highest BCUT2D eigenvalue weighted by Crippen LogP contribution is 2.33. The lowest BCUT2D eigenvalue weighted by Gasteiger charge is -2.41. The fourth-order valence-corrected chi connectivity index (χ4v) is 6.06. The van der Waals surface area contributed by atoms with Crippen molar-refractivity contribution in [3.05, 3.63) is 0 Å². The van der Waals surface area contributed by atoms with Crippen LogP contribution in [0.25, 0.3) is 0 Å². The van der Waals surface area contributed by atoms with Crippen LogP contribution in [0.2, 0.25) is 0 Å². The third kappa shape index (κ3) is 9.91. The van der Waals surface area contributed by atoms with Crippen LogP contribution in [0, 0.1) is 29.6 Å². The molecule has 13 heteroatoms. The number of carbonyl (C=O) groups is 5. The predicted octanol–water partition coefficient (Wildman–Crippen LogP) is 2.75. The number of hydrogen-bond acceptors (Lipinski definition) is 11. The summed E-state index contributed by atoms with van der Waals surface area (Å²) in [5.41, 5.74) is 5.37. The molecule has 13 nitrogen and oxygen atoms in total. The lowest BCUT2D eigenvalue weighted by Crippen LogP contribution is -2.48. The van der Waals surface area contributed by atoms with E-state index in [1.165, 1.54) is 14.0 Å². The normalized spacial score (nSPS) is 30.0. The molecule has 0 aromatic heterocycles. The maximum atomic E-state index is 13.4. The van der Waals surface area contributed by atoms with Crippen LogP contribution in [0.1, 0.15) is 67.7 Å². The first-order chi connectivity index (χ1) is 19.7. The quantitative estimate of drug-likeness (QED) is 0.151. The van der Waals surface area contributed by atoms with Gasteiger partial charge in [-0.25, -0.2) is 9.59 Å². The molecular formula is C29H48N2O11. The van der Waals surface area contributed by atoms with Crippen molar-refractivity contribution in [1.29, 1.82) is 0 Å². The summed E-state index contributed by atoms with van der Waals surface area (Å²) in [7, 11) is 1.48. The summed E-state index contributed by atoms with van der Waals surface area (Å²) in [6, 6.07) is -0.561. The van der Waals surface area contributed by atoms with Crippen molar-refractivity contribution in [2.45, 2.75) is 111 Å². The highest BCUT2D eigenvalue weighted by Gasteiger charge is 2.42. The largest absolute Gasteiger partial charge is 0.460 e. The van der Waals surface area contributed by atoms with E-state index in [0.717, 1.165) is 6.29 Å². The van der Waals surface area contributed by atoms with Gasteiger partial charge in [-0.05, 0) is 25.7 Å². The van der Waals surface area contributed by atoms with Crippen LogP contribution in [0.15, 0.2) is 0 Å². The number of ether oxygens (including phenoxy) is 6. The lowest BCUT2D eigenvalue weighted by molar-refractivity contribution is -0.262. The van der Waals surface area contributed by atoms with Crippen LogP contribution in [-0.2, 0) is 42.8 Å². The minimum absolute atomic E-state index is 0.0384. The molecule has 0 aromatic rings. The number of esters is 1. The van der Waals surface area contributed by atoms with Crippen LogP contribution in [0.5, 0.6) is 0 Å². The number of Topliss-reactive ketones (excluding diaryl/α,β-unsaturated/α-hetero) is 1. The van der Waals surface area contributed by atoms with Gasteiger partial charge in [-0.1, -0.05) is 34.6 Å². The zero-order valence-electron chi connectivity index (χ0n) is 25.9. The van der Waals surface area contributed by atoms with Crippen LogP contribution >= 0.6 is 0 Å². The molecule has 2 saturated heterocycles. The number of rotatable bonds is 16. The van der Waals surface area contributed by atoms with E-state index in [2.05, 4.69) is 5.32 Å². The van der Waals surface area contributed by atoms with Gasteiger partial charge in [0.25, 0.3) is 0 Å². The van der Waals surface area contributed by atoms with Crippen LogP contribution in [-0.4, -0.2) is 86.8 Å². The van der Waals surface area contributed by atoms with E-state index in [-0.39, 0.29) is 43.0 Å². The maximum absolute atomic E-state index is 13.4. The fourth-order valence-electron chi connectivity index (χ4n) is 6.06. The van der Waals surface area contributed by atoms with Gasteiger partial charge in [0.05, 0.1) is 24.9 Å². The Morgan fingerprint density at radius 3 is 2.36 bits per heavy atom. The number of aldehydes is 1. The van der Waals surface area contributed by atoms with Gasteiger partial charge in [0, 0.05) is 44.1 Å². The highest BCUT2D eigenvalue weighted by molar-refractivity contribution is 5.85. The number of hydrogen-bond donors (Lipinski definition) is 2. The molecular weight excluding hydrogens is 552 g/mol. The number of ketones is 1. The van der Waals surface area contributed by atoms with E-state index in [0.29, 0.717) is 6.42 Å². The Morgan fingerprint density at radius 1 is 1.14 bits per heavy atom. The van der Waals surface area contributed by atoms with Crippen LogP contribution < -0.4 is 11.1 Å².